The van der Waals surface area contributed by atoms with Gasteiger partial charge in [0.15, 0.2) is 0 Å². The fraction of sp³-hybridized carbons (Fsp3) is 0.118. The summed E-state index contributed by atoms with van der Waals surface area (Å²) >= 11 is 0. The van der Waals surface area contributed by atoms with Gasteiger partial charge in [-0.1, -0.05) is 36.4 Å². The first-order valence-electron chi connectivity index (χ1n) is 7.19. The number of nitro groups is 1. The third kappa shape index (κ3) is 2.91. The lowest BCUT2D eigenvalue weighted by Gasteiger charge is -2.20. The zero-order valence-corrected chi connectivity index (χ0v) is 12.6. The Balaban J connectivity index is 2.15. The topological polar surface area (TPSA) is 73.0 Å². The highest BCUT2D eigenvalue weighted by molar-refractivity contribution is 5.63. The zero-order valence-electron chi connectivity index (χ0n) is 12.6. The van der Waals surface area contributed by atoms with Crippen molar-refractivity contribution in [2.45, 2.75) is 6.04 Å². The number of nitrogens with zero attached hydrogens (tertiary/aromatic N) is 3. The SMILES string of the molecule is CNc1ccc(C(c2ccccc2)n2ccnc2)cc1[N+](=O)[O-]. The fourth-order valence-corrected chi connectivity index (χ4v) is 2.68. The van der Waals surface area contributed by atoms with Crippen LogP contribution in [0.3, 0.4) is 0 Å². The van der Waals surface area contributed by atoms with E-state index in [9.17, 15) is 10.1 Å². The summed E-state index contributed by atoms with van der Waals surface area (Å²) in [5.41, 5.74) is 2.43. The maximum absolute atomic E-state index is 11.3. The number of benzene rings is 2. The van der Waals surface area contributed by atoms with Crippen LogP contribution in [0.1, 0.15) is 17.2 Å². The number of hydrogen-bond acceptors (Lipinski definition) is 4. The standard InChI is InChI=1S/C17H16N4O2/c1-18-15-8-7-14(11-16(15)21(22)23)17(20-10-9-19-12-20)13-5-3-2-4-6-13/h2-12,17-18H,1H3. The van der Waals surface area contributed by atoms with Crippen LogP contribution in [0.4, 0.5) is 11.4 Å². The molecule has 0 saturated heterocycles. The summed E-state index contributed by atoms with van der Waals surface area (Å²) in [5, 5.41) is 14.2. The Morgan fingerprint density at radius 1 is 1.17 bits per heavy atom. The number of nitro benzene ring substituents is 1. The molecule has 1 atom stereocenters. The van der Waals surface area contributed by atoms with Crippen molar-refractivity contribution in [2.75, 3.05) is 12.4 Å². The van der Waals surface area contributed by atoms with E-state index in [-0.39, 0.29) is 16.7 Å². The number of hydrogen-bond donors (Lipinski definition) is 1. The monoisotopic (exact) mass is 308 g/mol. The van der Waals surface area contributed by atoms with E-state index in [1.54, 1.807) is 31.7 Å². The van der Waals surface area contributed by atoms with Crippen LogP contribution in [0.5, 0.6) is 0 Å². The van der Waals surface area contributed by atoms with E-state index >= 15 is 0 Å². The summed E-state index contributed by atoms with van der Waals surface area (Å²) in [6.45, 7) is 0. The van der Waals surface area contributed by atoms with Crippen LogP contribution in [0.2, 0.25) is 0 Å². The quantitative estimate of drug-likeness (QED) is 0.578. The minimum Gasteiger partial charge on any atom is -0.383 e. The van der Waals surface area contributed by atoms with Gasteiger partial charge >= 0.3 is 0 Å². The summed E-state index contributed by atoms with van der Waals surface area (Å²) in [5.74, 6) is 0. The van der Waals surface area contributed by atoms with Gasteiger partial charge in [0.05, 0.1) is 17.3 Å². The average Bonchev–Trinajstić information content (AvgIpc) is 3.10. The van der Waals surface area contributed by atoms with Crippen molar-refractivity contribution in [3.63, 3.8) is 0 Å². The van der Waals surface area contributed by atoms with Crippen molar-refractivity contribution >= 4 is 11.4 Å². The highest BCUT2D eigenvalue weighted by atomic mass is 16.6. The number of nitrogens with one attached hydrogen (secondary N) is 1. The van der Waals surface area contributed by atoms with Crippen molar-refractivity contribution < 1.29 is 4.92 Å². The molecule has 23 heavy (non-hydrogen) atoms. The minimum atomic E-state index is -0.370. The molecule has 116 valence electrons. The molecule has 0 fully saturated rings. The van der Waals surface area contributed by atoms with Gasteiger partial charge in [0.25, 0.3) is 5.69 Å². The predicted molar refractivity (Wildman–Crippen MR) is 88.6 cm³/mol. The molecule has 3 rings (SSSR count). The highest BCUT2D eigenvalue weighted by Gasteiger charge is 2.20. The second-order valence-electron chi connectivity index (χ2n) is 5.11. The Morgan fingerprint density at radius 2 is 1.96 bits per heavy atom. The number of aromatic nitrogens is 2. The van der Waals surface area contributed by atoms with Crippen molar-refractivity contribution in [3.05, 3.63) is 88.5 Å². The van der Waals surface area contributed by atoms with Gasteiger partial charge in [0, 0.05) is 25.5 Å². The molecule has 0 saturated carbocycles. The third-order valence-electron chi connectivity index (χ3n) is 3.74. The van der Waals surface area contributed by atoms with Gasteiger partial charge in [0.1, 0.15) is 5.69 Å². The minimum absolute atomic E-state index is 0.0612. The fourth-order valence-electron chi connectivity index (χ4n) is 2.68. The number of imidazole rings is 1. The molecule has 0 bridgehead atoms. The lowest BCUT2D eigenvalue weighted by molar-refractivity contribution is -0.384. The molecule has 1 heterocycles. The van der Waals surface area contributed by atoms with Crippen LogP contribution in [0.15, 0.2) is 67.3 Å². The second-order valence-corrected chi connectivity index (χ2v) is 5.11. The van der Waals surface area contributed by atoms with Gasteiger partial charge in [-0.3, -0.25) is 10.1 Å². The molecular weight excluding hydrogens is 292 g/mol. The first-order valence-corrected chi connectivity index (χ1v) is 7.19. The van der Waals surface area contributed by atoms with Gasteiger partial charge in [-0.25, -0.2) is 4.98 Å². The van der Waals surface area contributed by atoms with Crippen LogP contribution in [-0.2, 0) is 0 Å². The predicted octanol–water partition coefficient (Wildman–Crippen LogP) is 3.47. The average molecular weight is 308 g/mol. The van der Waals surface area contributed by atoms with Gasteiger partial charge in [-0.15, -0.1) is 0 Å². The normalized spacial score (nSPS) is 11.9. The third-order valence-corrected chi connectivity index (χ3v) is 3.74. The molecular formula is C17H16N4O2. The maximum atomic E-state index is 11.3. The Kier molecular flexibility index (Phi) is 4.05. The molecule has 6 heteroatoms. The van der Waals surface area contributed by atoms with E-state index in [1.165, 1.54) is 0 Å². The van der Waals surface area contributed by atoms with Crippen LogP contribution in [0.25, 0.3) is 0 Å². The molecule has 1 N–H and O–H groups in total. The molecule has 3 aromatic rings. The highest BCUT2D eigenvalue weighted by Crippen LogP contribution is 2.32. The lowest BCUT2D eigenvalue weighted by atomic mass is 9.97. The molecule has 1 aromatic heterocycles. The number of anilines is 1. The molecule has 0 amide bonds. The van der Waals surface area contributed by atoms with E-state index in [1.807, 2.05) is 47.2 Å². The van der Waals surface area contributed by atoms with E-state index in [0.717, 1.165) is 11.1 Å². The molecule has 0 aliphatic carbocycles. The Bertz CT molecular complexity index is 801. The van der Waals surface area contributed by atoms with E-state index in [0.29, 0.717) is 5.69 Å². The zero-order chi connectivity index (χ0) is 16.2. The largest absolute Gasteiger partial charge is 0.383 e. The van der Waals surface area contributed by atoms with Gasteiger partial charge in [-0.2, -0.15) is 0 Å². The first kappa shape index (κ1) is 14.8. The van der Waals surface area contributed by atoms with Gasteiger partial charge < -0.3 is 9.88 Å². The molecule has 0 spiro atoms. The van der Waals surface area contributed by atoms with Crippen LogP contribution >= 0.6 is 0 Å². The van der Waals surface area contributed by atoms with Crippen molar-refractivity contribution in [1.82, 2.24) is 9.55 Å². The van der Waals surface area contributed by atoms with E-state index in [4.69, 9.17) is 0 Å². The summed E-state index contributed by atoms with van der Waals surface area (Å²) in [6.07, 6.45) is 5.28. The van der Waals surface area contributed by atoms with Gasteiger partial charge in [-0.05, 0) is 17.2 Å². The van der Waals surface area contributed by atoms with Crippen molar-refractivity contribution in [3.8, 4) is 0 Å². The maximum Gasteiger partial charge on any atom is 0.292 e. The van der Waals surface area contributed by atoms with E-state index in [2.05, 4.69) is 10.3 Å². The van der Waals surface area contributed by atoms with Crippen molar-refractivity contribution in [2.24, 2.45) is 0 Å². The number of rotatable bonds is 5. The Labute approximate surface area is 133 Å². The molecule has 0 aliphatic heterocycles. The molecule has 2 aromatic carbocycles. The summed E-state index contributed by atoms with van der Waals surface area (Å²) < 4.78 is 1.94. The second kappa shape index (κ2) is 6.31. The smallest absolute Gasteiger partial charge is 0.292 e. The lowest BCUT2D eigenvalue weighted by Crippen LogP contribution is -2.11. The van der Waals surface area contributed by atoms with Crippen molar-refractivity contribution in [1.29, 1.82) is 0 Å². The summed E-state index contributed by atoms with van der Waals surface area (Å²) in [4.78, 5) is 15.1. The van der Waals surface area contributed by atoms with E-state index < -0.39 is 0 Å². The first-order chi connectivity index (χ1) is 11.2. The summed E-state index contributed by atoms with van der Waals surface area (Å²) in [6, 6.07) is 14.9. The van der Waals surface area contributed by atoms with Gasteiger partial charge in [0.2, 0.25) is 0 Å². The van der Waals surface area contributed by atoms with Crippen LogP contribution in [-0.4, -0.2) is 21.5 Å². The summed E-state index contributed by atoms with van der Waals surface area (Å²) in [7, 11) is 1.67. The molecule has 6 nitrogen and oxygen atoms in total. The molecule has 0 aliphatic rings. The molecule has 1 unspecified atom stereocenters. The Hall–Kier alpha value is -3.15. The van der Waals surface area contributed by atoms with Crippen LogP contribution in [0, 0.1) is 10.1 Å². The molecule has 0 radical (unpaired) electrons. The Morgan fingerprint density at radius 3 is 2.57 bits per heavy atom. The van der Waals surface area contributed by atoms with Crippen LogP contribution < -0.4 is 5.32 Å².